The highest BCUT2D eigenvalue weighted by molar-refractivity contribution is 5.86. The Labute approximate surface area is 111 Å². The molecule has 3 nitrogen and oxygen atoms in total. The van der Waals surface area contributed by atoms with E-state index >= 15 is 0 Å². The SMILES string of the molecule is C1=Cc2[nH]c(-c3ccc4ccccc4c3)nc2CN1. The van der Waals surface area contributed by atoms with E-state index < -0.39 is 0 Å². The summed E-state index contributed by atoms with van der Waals surface area (Å²) in [4.78, 5) is 8.04. The summed E-state index contributed by atoms with van der Waals surface area (Å²) < 4.78 is 0. The van der Waals surface area contributed by atoms with Crippen molar-refractivity contribution in [3.8, 4) is 11.4 Å². The Kier molecular flexibility index (Phi) is 2.18. The molecule has 0 bridgehead atoms. The molecule has 4 rings (SSSR count). The van der Waals surface area contributed by atoms with Crippen LogP contribution >= 0.6 is 0 Å². The lowest BCUT2D eigenvalue weighted by molar-refractivity contribution is 0.832. The van der Waals surface area contributed by atoms with Crippen LogP contribution in [0.4, 0.5) is 0 Å². The first-order valence-electron chi connectivity index (χ1n) is 6.38. The quantitative estimate of drug-likeness (QED) is 0.692. The van der Waals surface area contributed by atoms with Gasteiger partial charge in [-0.2, -0.15) is 0 Å². The molecular weight excluding hydrogens is 234 g/mol. The van der Waals surface area contributed by atoms with Crippen molar-refractivity contribution < 1.29 is 0 Å². The molecule has 0 saturated heterocycles. The van der Waals surface area contributed by atoms with Crippen LogP contribution in [0.15, 0.2) is 48.7 Å². The molecule has 3 heteroatoms. The van der Waals surface area contributed by atoms with Gasteiger partial charge in [0.05, 0.1) is 17.9 Å². The first kappa shape index (κ1) is 10.4. The fourth-order valence-electron chi connectivity index (χ4n) is 2.47. The Hall–Kier alpha value is -2.55. The molecule has 0 atom stereocenters. The number of imidazole rings is 1. The molecule has 2 heterocycles. The molecule has 0 amide bonds. The van der Waals surface area contributed by atoms with Crippen LogP contribution in [-0.2, 0) is 6.54 Å². The van der Waals surface area contributed by atoms with Crippen molar-refractivity contribution in [2.45, 2.75) is 6.54 Å². The Morgan fingerprint density at radius 2 is 1.89 bits per heavy atom. The zero-order chi connectivity index (χ0) is 12.7. The van der Waals surface area contributed by atoms with E-state index in [0.29, 0.717) is 0 Å². The van der Waals surface area contributed by atoms with Gasteiger partial charge in [-0.25, -0.2) is 4.98 Å². The lowest BCUT2D eigenvalue weighted by atomic mass is 10.1. The summed E-state index contributed by atoms with van der Waals surface area (Å²) in [7, 11) is 0. The van der Waals surface area contributed by atoms with Crippen LogP contribution in [0.1, 0.15) is 11.4 Å². The predicted octanol–water partition coefficient (Wildman–Crippen LogP) is 3.30. The first-order chi connectivity index (χ1) is 9.40. The van der Waals surface area contributed by atoms with Gasteiger partial charge in [0.25, 0.3) is 0 Å². The number of hydrogen-bond acceptors (Lipinski definition) is 2. The molecule has 0 saturated carbocycles. The number of benzene rings is 2. The van der Waals surface area contributed by atoms with E-state index in [1.165, 1.54) is 10.8 Å². The monoisotopic (exact) mass is 247 g/mol. The van der Waals surface area contributed by atoms with Crippen LogP contribution in [0, 0.1) is 0 Å². The number of aromatic amines is 1. The molecule has 0 spiro atoms. The molecule has 0 fully saturated rings. The van der Waals surface area contributed by atoms with Crippen LogP contribution < -0.4 is 5.32 Å². The Morgan fingerprint density at radius 1 is 1.00 bits per heavy atom. The van der Waals surface area contributed by atoms with Gasteiger partial charge in [0.2, 0.25) is 0 Å². The number of nitrogens with zero attached hydrogens (tertiary/aromatic N) is 1. The van der Waals surface area contributed by atoms with E-state index in [1.807, 2.05) is 12.3 Å². The molecule has 3 aromatic rings. The number of fused-ring (bicyclic) bond motifs is 2. The van der Waals surface area contributed by atoms with Crippen molar-refractivity contribution in [2.24, 2.45) is 0 Å². The highest BCUT2D eigenvalue weighted by Crippen LogP contribution is 2.24. The van der Waals surface area contributed by atoms with Crippen molar-refractivity contribution in [2.75, 3.05) is 0 Å². The summed E-state index contributed by atoms with van der Waals surface area (Å²) in [6.45, 7) is 0.788. The fraction of sp³-hybridized carbons (Fsp3) is 0.0625. The Bertz CT molecular complexity index is 784. The maximum Gasteiger partial charge on any atom is 0.138 e. The lowest BCUT2D eigenvalue weighted by Gasteiger charge is -2.03. The van der Waals surface area contributed by atoms with Crippen LogP contribution in [0.2, 0.25) is 0 Å². The van der Waals surface area contributed by atoms with Crippen molar-refractivity contribution in [1.82, 2.24) is 15.3 Å². The van der Waals surface area contributed by atoms with Gasteiger partial charge in [-0.05, 0) is 29.1 Å². The smallest absolute Gasteiger partial charge is 0.138 e. The highest BCUT2D eigenvalue weighted by atomic mass is 15.0. The second-order valence-corrected chi connectivity index (χ2v) is 4.72. The molecular formula is C16H13N3. The maximum atomic E-state index is 4.66. The number of hydrogen-bond donors (Lipinski definition) is 2. The molecule has 2 N–H and O–H groups in total. The summed E-state index contributed by atoms with van der Waals surface area (Å²) >= 11 is 0. The zero-order valence-electron chi connectivity index (χ0n) is 10.4. The molecule has 92 valence electrons. The summed E-state index contributed by atoms with van der Waals surface area (Å²) in [5, 5.41) is 5.67. The van der Waals surface area contributed by atoms with Gasteiger partial charge >= 0.3 is 0 Å². The predicted molar refractivity (Wildman–Crippen MR) is 77.4 cm³/mol. The van der Waals surface area contributed by atoms with Gasteiger partial charge in [0.15, 0.2) is 0 Å². The van der Waals surface area contributed by atoms with E-state index in [4.69, 9.17) is 0 Å². The third-order valence-electron chi connectivity index (χ3n) is 3.47. The van der Waals surface area contributed by atoms with Gasteiger partial charge < -0.3 is 10.3 Å². The molecule has 1 aliphatic heterocycles. The summed E-state index contributed by atoms with van der Waals surface area (Å²) in [5.74, 6) is 0.934. The van der Waals surface area contributed by atoms with E-state index in [9.17, 15) is 0 Å². The van der Waals surface area contributed by atoms with E-state index in [1.54, 1.807) is 0 Å². The third kappa shape index (κ3) is 1.71. The van der Waals surface area contributed by atoms with Crippen LogP contribution in [0.5, 0.6) is 0 Å². The second-order valence-electron chi connectivity index (χ2n) is 4.72. The second kappa shape index (κ2) is 3.99. The fourth-order valence-corrected chi connectivity index (χ4v) is 2.47. The molecule has 0 radical (unpaired) electrons. The molecule has 0 aliphatic carbocycles. The summed E-state index contributed by atoms with van der Waals surface area (Å²) in [5.41, 5.74) is 3.30. The minimum atomic E-state index is 0.788. The van der Waals surface area contributed by atoms with Gasteiger partial charge in [-0.15, -0.1) is 0 Å². The first-order valence-corrected chi connectivity index (χ1v) is 6.38. The molecule has 2 aromatic carbocycles. The average molecular weight is 247 g/mol. The molecule has 0 unspecified atom stereocenters. The minimum Gasteiger partial charge on any atom is -0.385 e. The number of H-pyrrole nitrogens is 1. The average Bonchev–Trinajstić information content (AvgIpc) is 2.90. The van der Waals surface area contributed by atoms with Crippen LogP contribution in [0.3, 0.4) is 0 Å². The number of aromatic nitrogens is 2. The van der Waals surface area contributed by atoms with Crippen molar-refractivity contribution >= 4 is 16.8 Å². The van der Waals surface area contributed by atoms with Crippen LogP contribution in [-0.4, -0.2) is 9.97 Å². The van der Waals surface area contributed by atoms with Crippen LogP contribution in [0.25, 0.3) is 28.2 Å². The van der Waals surface area contributed by atoms with E-state index in [2.05, 4.69) is 57.7 Å². The van der Waals surface area contributed by atoms with Gasteiger partial charge in [0.1, 0.15) is 5.82 Å². The van der Waals surface area contributed by atoms with Crippen molar-refractivity contribution in [1.29, 1.82) is 0 Å². The third-order valence-corrected chi connectivity index (χ3v) is 3.47. The Balaban J connectivity index is 1.85. The maximum absolute atomic E-state index is 4.66. The van der Waals surface area contributed by atoms with Crippen molar-refractivity contribution in [3.05, 3.63) is 60.1 Å². The largest absolute Gasteiger partial charge is 0.385 e. The summed E-state index contributed by atoms with van der Waals surface area (Å²) in [6.07, 6.45) is 3.97. The lowest BCUT2D eigenvalue weighted by Crippen LogP contribution is -2.09. The normalized spacial score (nSPS) is 13.3. The number of nitrogens with one attached hydrogen (secondary N) is 2. The van der Waals surface area contributed by atoms with Gasteiger partial charge in [-0.1, -0.05) is 36.4 Å². The van der Waals surface area contributed by atoms with Gasteiger partial charge in [0, 0.05) is 5.56 Å². The Morgan fingerprint density at radius 3 is 2.79 bits per heavy atom. The molecule has 1 aromatic heterocycles. The van der Waals surface area contributed by atoms with Gasteiger partial charge in [-0.3, -0.25) is 0 Å². The van der Waals surface area contributed by atoms with Crippen molar-refractivity contribution in [3.63, 3.8) is 0 Å². The minimum absolute atomic E-state index is 0.788. The number of rotatable bonds is 1. The molecule has 1 aliphatic rings. The topological polar surface area (TPSA) is 40.7 Å². The molecule has 19 heavy (non-hydrogen) atoms. The summed E-state index contributed by atoms with van der Waals surface area (Å²) in [6, 6.07) is 14.8. The highest BCUT2D eigenvalue weighted by Gasteiger charge is 2.11. The van der Waals surface area contributed by atoms with E-state index in [0.717, 1.165) is 29.3 Å². The standard InChI is InChI=1S/C16H13N3/c1-2-4-12-9-13(6-5-11(12)3-1)16-18-14-7-8-17-10-15(14)19-16/h1-9,17H,10H2,(H,18,19). The zero-order valence-corrected chi connectivity index (χ0v) is 10.4. The van der Waals surface area contributed by atoms with E-state index in [-0.39, 0.29) is 0 Å².